The van der Waals surface area contributed by atoms with Crippen LogP contribution in [0.4, 0.5) is 0 Å². The molecule has 0 atom stereocenters. The predicted molar refractivity (Wildman–Crippen MR) is 67.5 cm³/mol. The maximum Gasteiger partial charge on any atom is 0.150 e. The van der Waals surface area contributed by atoms with Crippen molar-refractivity contribution >= 4 is 6.29 Å². The number of aldehydes is 1. The monoisotopic (exact) mass is 236 g/mol. The second-order valence-corrected chi connectivity index (χ2v) is 4.42. The summed E-state index contributed by atoms with van der Waals surface area (Å²) in [4.78, 5) is 10.7. The molecule has 0 amide bonds. The van der Waals surface area contributed by atoms with Gasteiger partial charge in [0.05, 0.1) is 13.7 Å². The normalized spacial score (nSPS) is 10.6. The van der Waals surface area contributed by atoms with E-state index in [1.54, 1.807) is 25.3 Å². The summed E-state index contributed by atoms with van der Waals surface area (Å²) in [5.41, 5.74) is 1.56. The third kappa shape index (κ3) is 4.57. The van der Waals surface area contributed by atoms with E-state index in [1.807, 2.05) is 0 Å². The maximum atomic E-state index is 10.7. The third-order valence-electron chi connectivity index (χ3n) is 2.54. The lowest BCUT2D eigenvalue weighted by Crippen LogP contribution is -2.01. The molecule has 94 valence electrons. The lowest BCUT2D eigenvalue weighted by Gasteiger charge is -2.10. The Morgan fingerprint density at radius 3 is 2.71 bits per heavy atom. The third-order valence-corrected chi connectivity index (χ3v) is 2.54. The molecule has 3 nitrogen and oxygen atoms in total. The standard InChI is InChI=1S/C14H20O3/c1-11(2)6-7-17-10-13-8-12(9-15)4-5-14(13)16-3/h4-5,8-9,11H,6-7,10H2,1-3H3. The zero-order chi connectivity index (χ0) is 12.7. The van der Waals surface area contributed by atoms with E-state index in [9.17, 15) is 4.79 Å². The van der Waals surface area contributed by atoms with Gasteiger partial charge in [0.25, 0.3) is 0 Å². The Hall–Kier alpha value is -1.35. The van der Waals surface area contributed by atoms with Gasteiger partial charge in [-0.25, -0.2) is 0 Å². The zero-order valence-corrected chi connectivity index (χ0v) is 10.7. The van der Waals surface area contributed by atoms with E-state index in [0.717, 1.165) is 30.6 Å². The Morgan fingerprint density at radius 1 is 1.35 bits per heavy atom. The van der Waals surface area contributed by atoms with Crippen molar-refractivity contribution in [2.45, 2.75) is 26.9 Å². The van der Waals surface area contributed by atoms with Gasteiger partial charge in [-0.3, -0.25) is 4.79 Å². The molecule has 0 bridgehead atoms. The minimum atomic E-state index is 0.484. The molecule has 0 unspecified atom stereocenters. The summed E-state index contributed by atoms with van der Waals surface area (Å²) in [7, 11) is 1.62. The number of carbonyl (C=O) groups excluding carboxylic acids is 1. The van der Waals surface area contributed by atoms with Gasteiger partial charge in [-0.05, 0) is 30.5 Å². The fraction of sp³-hybridized carbons (Fsp3) is 0.500. The summed E-state index contributed by atoms with van der Waals surface area (Å²) in [5, 5.41) is 0. The molecule has 17 heavy (non-hydrogen) atoms. The molecule has 0 heterocycles. The quantitative estimate of drug-likeness (QED) is 0.539. The Morgan fingerprint density at radius 2 is 2.12 bits per heavy atom. The summed E-state index contributed by atoms with van der Waals surface area (Å²) < 4.78 is 10.8. The van der Waals surface area contributed by atoms with E-state index >= 15 is 0 Å². The highest BCUT2D eigenvalue weighted by molar-refractivity contribution is 5.75. The highest BCUT2D eigenvalue weighted by Crippen LogP contribution is 2.20. The molecular weight excluding hydrogens is 216 g/mol. The minimum Gasteiger partial charge on any atom is -0.496 e. The van der Waals surface area contributed by atoms with Crippen LogP contribution in [0.3, 0.4) is 0 Å². The summed E-state index contributed by atoms with van der Waals surface area (Å²) in [6.45, 7) is 5.54. The molecule has 0 radical (unpaired) electrons. The first kappa shape index (κ1) is 13.7. The molecule has 0 aromatic heterocycles. The van der Waals surface area contributed by atoms with Gasteiger partial charge in [-0.15, -0.1) is 0 Å². The van der Waals surface area contributed by atoms with Gasteiger partial charge in [0.2, 0.25) is 0 Å². The van der Waals surface area contributed by atoms with Gasteiger partial charge >= 0.3 is 0 Å². The predicted octanol–water partition coefficient (Wildman–Crippen LogP) is 3.07. The topological polar surface area (TPSA) is 35.5 Å². The lowest BCUT2D eigenvalue weighted by molar-refractivity contribution is 0.108. The van der Waals surface area contributed by atoms with Gasteiger partial charge in [0.15, 0.2) is 0 Å². The lowest BCUT2D eigenvalue weighted by atomic mass is 10.1. The number of hydrogen-bond donors (Lipinski definition) is 0. The first-order chi connectivity index (χ1) is 8.17. The molecule has 0 aliphatic carbocycles. The van der Waals surface area contributed by atoms with Crippen molar-refractivity contribution in [2.24, 2.45) is 5.92 Å². The molecule has 1 rings (SSSR count). The van der Waals surface area contributed by atoms with Crippen molar-refractivity contribution in [3.05, 3.63) is 29.3 Å². The fourth-order valence-corrected chi connectivity index (χ4v) is 1.49. The molecule has 1 aromatic rings. The molecule has 0 fully saturated rings. The van der Waals surface area contributed by atoms with Crippen LogP contribution in [0.1, 0.15) is 36.2 Å². The van der Waals surface area contributed by atoms with Crippen LogP contribution < -0.4 is 4.74 Å². The average Bonchev–Trinajstić information content (AvgIpc) is 2.34. The highest BCUT2D eigenvalue weighted by Gasteiger charge is 2.04. The highest BCUT2D eigenvalue weighted by atomic mass is 16.5. The van der Waals surface area contributed by atoms with E-state index in [-0.39, 0.29) is 0 Å². The van der Waals surface area contributed by atoms with Crippen molar-refractivity contribution < 1.29 is 14.3 Å². The molecule has 0 N–H and O–H groups in total. The van der Waals surface area contributed by atoms with Crippen LogP contribution in [0.2, 0.25) is 0 Å². The Kier molecular flexibility index (Phi) is 5.70. The second-order valence-electron chi connectivity index (χ2n) is 4.42. The molecule has 0 spiro atoms. The second kappa shape index (κ2) is 7.07. The number of carbonyl (C=O) groups is 1. The number of rotatable bonds is 7. The van der Waals surface area contributed by atoms with Gasteiger partial charge in [0, 0.05) is 17.7 Å². The van der Waals surface area contributed by atoms with Crippen LogP contribution in [0.5, 0.6) is 5.75 Å². The number of methoxy groups -OCH3 is 1. The molecule has 1 aromatic carbocycles. The van der Waals surface area contributed by atoms with Crippen molar-refractivity contribution in [3.8, 4) is 5.75 Å². The van der Waals surface area contributed by atoms with Crippen molar-refractivity contribution in [1.82, 2.24) is 0 Å². The number of ether oxygens (including phenoxy) is 2. The number of benzene rings is 1. The molecular formula is C14H20O3. The zero-order valence-electron chi connectivity index (χ0n) is 10.7. The smallest absolute Gasteiger partial charge is 0.150 e. The molecule has 3 heteroatoms. The van der Waals surface area contributed by atoms with Gasteiger partial charge in [-0.2, -0.15) is 0 Å². The Labute approximate surface area is 103 Å². The minimum absolute atomic E-state index is 0.484. The average molecular weight is 236 g/mol. The summed E-state index contributed by atoms with van der Waals surface area (Å²) >= 11 is 0. The van der Waals surface area contributed by atoms with Gasteiger partial charge in [0.1, 0.15) is 12.0 Å². The van der Waals surface area contributed by atoms with Gasteiger partial charge < -0.3 is 9.47 Å². The van der Waals surface area contributed by atoms with E-state index in [0.29, 0.717) is 18.1 Å². The Balaban J connectivity index is 2.58. The first-order valence-corrected chi connectivity index (χ1v) is 5.87. The van der Waals surface area contributed by atoms with Crippen LogP contribution in [0, 0.1) is 5.92 Å². The van der Waals surface area contributed by atoms with Crippen LogP contribution in [0.25, 0.3) is 0 Å². The van der Waals surface area contributed by atoms with Crippen LogP contribution in [0.15, 0.2) is 18.2 Å². The van der Waals surface area contributed by atoms with Crippen LogP contribution in [-0.4, -0.2) is 20.0 Å². The van der Waals surface area contributed by atoms with Crippen LogP contribution >= 0.6 is 0 Å². The van der Waals surface area contributed by atoms with E-state index < -0.39 is 0 Å². The molecule has 0 saturated heterocycles. The maximum absolute atomic E-state index is 10.7. The molecule has 0 aliphatic heterocycles. The van der Waals surface area contributed by atoms with E-state index in [2.05, 4.69) is 13.8 Å². The largest absolute Gasteiger partial charge is 0.496 e. The SMILES string of the molecule is COc1ccc(C=O)cc1COCCC(C)C. The fourth-order valence-electron chi connectivity index (χ4n) is 1.49. The number of hydrogen-bond acceptors (Lipinski definition) is 3. The summed E-state index contributed by atoms with van der Waals surface area (Å²) in [6.07, 6.45) is 1.87. The Bertz CT molecular complexity index is 358. The summed E-state index contributed by atoms with van der Waals surface area (Å²) in [5.74, 6) is 1.40. The first-order valence-electron chi connectivity index (χ1n) is 5.87. The van der Waals surface area contributed by atoms with E-state index in [4.69, 9.17) is 9.47 Å². The van der Waals surface area contributed by atoms with Crippen LogP contribution in [-0.2, 0) is 11.3 Å². The van der Waals surface area contributed by atoms with Crippen molar-refractivity contribution in [2.75, 3.05) is 13.7 Å². The van der Waals surface area contributed by atoms with Gasteiger partial charge in [-0.1, -0.05) is 13.8 Å². The summed E-state index contributed by atoms with van der Waals surface area (Å²) in [6, 6.07) is 5.34. The van der Waals surface area contributed by atoms with E-state index in [1.165, 1.54) is 0 Å². The van der Waals surface area contributed by atoms with Crippen molar-refractivity contribution in [3.63, 3.8) is 0 Å². The molecule has 0 saturated carbocycles. The molecule has 0 aliphatic rings. The van der Waals surface area contributed by atoms with Crippen molar-refractivity contribution in [1.29, 1.82) is 0 Å².